The molecule has 78 heavy (non-hydrogen) atoms. The zero-order chi connectivity index (χ0) is 56.1. The zero-order valence-corrected chi connectivity index (χ0v) is 45.5. The van der Waals surface area contributed by atoms with Crippen molar-refractivity contribution in [2.24, 2.45) is 0 Å². The van der Waals surface area contributed by atoms with Gasteiger partial charge in [-0.05, 0) is 63.9 Å². The van der Waals surface area contributed by atoms with E-state index in [9.17, 15) is 49.2 Å². The molecule has 2 amide bonds. The Morgan fingerprint density at radius 1 is 0.692 bits per heavy atom. The maximum absolute atomic E-state index is 14.0. The van der Waals surface area contributed by atoms with E-state index in [4.69, 9.17) is 4.42 Å². The van der Waals surface area contributed by atoms with E-state index >= 15 is 0 Å². The molecule has 1 aliphatic carbocycles. The summed E-state index contributed by atoms with van der Waals surface area (Å²) in [4.78, 5) is 83.1. The Kier molecular flexibility index (Phi) is 23.0. The molecule has 1 atom stereocenters. The van der Waals surface area contributed by atoms with E-state index in [0.29, 0.717) is 23.0 Å². The van der Waals surface area contributed by atoms with Gasteiger partial charge in [-0.15, -0.1) is 20.4 Å². The molecule has 0 radical (unpaired) electrons. The lowest BCUT2D eigenvalue weighted by Gasteiger charge is -2.35. The van der Waals surface area contributed by atoms with E-state index in [1.165, 1.54) is 11.8 Å². The number of anilines is 2. The minimum Gasteiger partial charge on any atom is -0.480 e. The molecule has 1 aromatic heterocycles. The van der Waals surface area contributed by atoms with Gasteiger partial charge in [0.25, 0.3) is 11.9 Å². The zero-order valence-electron chi connectivity index (χ0n) is 44.7. The Hall–Kier alpha value is -7.32. The van der Waals surface area contributed by atoms with E-state index in [0.717, 1.165) is 70.6 Å². The van der Waals surface area contributed by atoms with Crippen molar-refractivity contribution in [3.63, 3.8) is 0 Å². The molecular formula is C53H72N13O11S+. The van der Waals surface area contributed by atoms with Gasteiger partial charge in [0, 0.05) is 137 Å². The lowest BCUT2D eigenvalue weighted by atomic mass is 9.90. The van der Waals surface area contributed by atoms with Crippen LogP contribution < -0.4 is 30.8 Å². The Labute approximate surface area is 456 Å². The van der Waals surface area contributed by atoms with Crippen LogP contribution in [0.2, 0.25) is 0 Å². The first-order chi connectivity index (χ1) is 37.6. The van der Waals surface area contributed by atoms with Crippen molar-refractivity contribution in [2.45, 2.75) is 51.7 Å². The van der Waals surface area contributed by atoms with Crippen LogP contribution in [0.5, 0.6) is 0 Å². The Morgan fingerprint density at radius 3 is 1.87 bits per heavy atom. The molecule has 3 aromatic rings. The highest BCUT2D eigenvalue weighted by molar-refractivity contribution is 7.99. The minimum atomic E-state index is -1.19. The van der Waals surface area contributed by atoms with Gasteiger partial charge in [0.15, 0.2) is 0 Å². The van der Waals surface area contributed by atoms with Crippen LogP contribution in [-0.4, -0.2) is 226 Å². The van der Waals surface area contributed by atoms with Crippen molar-refractivity contribution < 1.29 is 53.6 Å². The van der Waals surface area contributed by atoms with Crippen molar-refractivity contribution in [1.29, 1.82) is 0 Å². The summed E-state index contributed by atoms with van der Waals surface area (Å²) < 4.78 is 8.93. The lowest BCUT2D eigenvalue weighted by Crippen LogP contribution is -2.52. The monoisotopic (exact) mass is 1100 g/mol. The Morgan fingerprint density at radius 2 is 1.29 bits per heavy atom. The van der Waals surface area contributed by atoms with Crippen LogP contribution in [0.25, 0.3) is 33.4 Å². The number of aliphatic carboxylic acids is 4. The predicted octanol–water partition coefficient (Wildman–Crippen LogP) is 2.20. The largest absolute Gasteiger partial charge is 0.480 e. The van der Waals surface area contributed by atoms with Gasteiger partial charge in [0.2, 0.25) is 16.4 Å². The number of carboxylic acids is 4. The van der Waals surface area contributed by atoms with Crippen LogP contribution >= 0.6 is 11.8 Å². The number of carbonyl (C=O) groups excluding carboxylic acids is 2. The summed E-state index contributed by atoms with van der Waals surface area (Å²) in [5, 5.41) is 66.3. The fourth-order valence-corrected chi connectivity index (χ4v) is 10.1. The number of amides is 2. The second kappa shape index (κ2) is 30.0. The molecule has 1 unspecified atom stereocenters. The molecule has 2 aliphatic heterocycles. The first-order valence-electron chi connectivity index (χ1n) is 26.3. The van der Waals surface area contributed by atoms with Crippen LogP contribution in [0.4, 0.5) is 11.6 Å². The average Bonchev–Trinajstić information content (AvgIpc) is 3.50. The van der Waals surface area contributed by atoms with Gasteiger partial charge in [-0.2, -0.15) is 0 Å². The van der Waals surface area contributed by atoms with Crippen LogP contribution in [0.15, 0.2) is 70.2 Å². The molecule has 24 nitrogen and oxygen atoms in total. The molecule has 420 valence electrons. The van der Waals surface area contributed by atoms with Gasteiger partial charge in [0.05, 0.1) is 25.7 Å². The summed E-state index contributed by atoms with van der Waals surface area (Å²) in [6.07, 6.45) is -0.232. The fraction of sp³-hybridized carbons (Fsp3) is 0.491. The summed E-state index contributed by atoms with van der Waals surface area (Å²) in [6.45, 7) is 12.7. The average molecular weight is 1100 g/mol. The molecule has 2 aromatic carbocycles. The smallest absolute Gasteiger partial charge is 0.320 e. The number of nitrogens with one attached hydrogen (secondary N) is 3. The highest BCUT2D eigenvalue weighted by Crippen LogP contribution is 2.42. The summed E-state index contributed by atoms with van der Waals surface area (Å²) in [5.41, 5.74) is 4.88. The molecular weight excluding hydrogens is 1030 g/mol. The number of hydrogen-bond donors (Lipinski definition) is 7. The van der Waals surface area contributed by atoms with Crippen molar-refractivity contribution in [2.75, 3.05) is 134 Å². The third-order valence-electron chi connectivity index (χ3n) is 13.5. The molecule has 3 aliphatic rings. The van der Waals surface area contributed by atoms with Crippen LogP contribution in [0.3, 0.4) is 0 Å². The SMILES string of the molecule is CCN(CC)c1ccc2c(-c3ccccc3C(=O)NCCSc3nnc(NCCNC(=O)CCC(C(=O)O)N4CCN(CC(=O)O)CCN(CC(=O)O)CCN(CC(=O)O)CC4)nn3)c3ccc(=[N+](CC)CC)cc-3oc2c1. The fourth-order valence-electron chi connectivity index (χ4n) is 9.49. The van der Waals surface area contributed by atoms with E-state index in [2.05, 4.69) is 110 Å². The molecule has 0 saturated carbocycles. The summed E-state index contributed by atoms with van der Waals surface area (Å²) in [6, 6.07) is 18.9. The van der Waals surface area contributed by atoms with E-state index in [-0.39, 0.29) is 110 Å². The molecule has 1 fully saturated rings. The lowest BCUT2D eigenvalue weighted by molar-refractivity contribution is -0.145. The van der Waals surface area contributed by atoms with E-state index in [1.807, 2.05) is 24.3 Å². The number of nitrogens with zero attached hydrogens (tertiary/aromatic N) is 10. The third kappa shape index (κ3) is 17.3. The third-order valence-corrected chi connectivity index (χ3v) is 14.3. The number of carbonyl (C=O) groups is 6. The standard InChI is InChI=1S/C53H71N13O11S/c1-5-64(6-2)36-13-15-40-43(31-36)77-44-32-37(65(7-3)8-4)14-16-41(44)49(40)38-11-9-10-12-39(38)50(74)55-21-30-78-53-59-57-52(58-60-53)56-20-19-54-45(67)18-17-42(51(75)76)66-28-26-62(34-47(70)71)24-22-61(33-46(68)69)23-25-63(27-29-66)35-48(72)73/h9-16,31-32,42H,5-8,17-30,33-35H2,1-4H3,(H6-,54,55,56,57,58,67,68,69,70,71,72,73,74,75,76)/p+1. The highest BCUT2D eigenvalue weighted by atomic mass is 32.2. The quantitative estimate of drug-likeness (QED) is 0.0181. The number of benzene rings is 3. The van der Waals surface area contributed by atoms with Gasteiger partial charge in [-0.1, -0.05) is 30.0 Å². The number of thioether (sulfide) groups is 1. The van der Waals surface area contributed by atoms with Gasteiger partial charge >= 0.3 is 23.9 Å². The summed E-state index contributed by atoms with van der Waals surface area (Å²) in [7, 11) is 0. The number of aromatic nitrogens is 4. The molecule has 25 heteroatoms. The van der Waals surface area contributed by atoms with Crippen molar-refractivity contribution in [1.82, 2.24) is 55.2 Å². The second-order valence-electron chi connectivity index (χ2n) is 18.6. The number of hydrogen-bond acceptors (Lipinski definition) is 18. The van der Waals surface area contributed by atoms with Gasteiger partial charge in [-0.25, -0.2) is 4.58 Å². The topological polar surface area (TPSA) is 303 Å². The van der Waals surface area contributed by atoms with E-state index in [1.54, 1.807) is 19.6 Å². The highest BCUT2D eigenvalue weighted by Gasteiger charge is 2.29. The summed E-state index contributed by atoms with van der Waals surface area (Å²) >= 11 is 1.27. The normalized spacial score (nSPS) is 14.7. The van der Waals surface area contributed by atoms with Crippen molar-refractivity contribution >= 4 is 70.1 Å². The Bertz CT molecular complexity index is 2850. The van der Waals surface area contributed by atoms with Crippen LogP contribution in [0, 0.1) is 0 Å². The van der Waals surface area contributed by atoms with E-state index < -0.39 is 35.8 Å². The number of fused-ring (bicyclic) bond motifs is 2. The molecule has 0 bridgehead atoms. The summed E-state index contributed by atoms with van der Waals surface area (Å²) in [5.74, 6) is -3.86. The van der Waals surface area contributed by atoms with Crippen LogP contribution in [-0.2, 0) is 24.0 Å². The molecule has 7 N–H and O–H groups in total. The van der Waals surface area contributed by atoms with Gasteiger partial charge in [-0.3, -0.25) is 48.4 Å². The Balaban J connectivity index is 1.00. The van der Waals surface area contributed by atoms with Gasteiger partial charge in [0.1, 0.15) is 30.5 Å². The number of rotatable bonds is 26. The molecule has 3 heterocycles. The number of carboxylic acid groups (broad SMARTS) is 4. The molecule has 6 rings (SSSR count). The maximum atomic E-state index is 14.0. The second-order valence-corrected chi connectivity index (χ2v) is 19.6. The minimum absolute atomic E-state index is 0.0815. The first-order valence-corrected chi connectivity index (χ1v) is 27.3. The first kappa shape index (κ1) is 59.9. The van der Waals surface area contributed by atoms with Crippen molar-refractivity contribution in [3.8, 4) is 22.5 Å². The van der Waals surface area contributed by atoms with Gasteiger partial charge < -0.3 is 45.7 Å². The maximum Gasteiger partial charge on any atom is 0.320 e. The van der Waals surface area contributed by atoms with Crippen LogP contribution in [0.1, 0.15) is 50.9 Å². The van der Waals surface area contributed by atoms with Crippen molar-refractivity contribution in [3.05, 3.63) is 71.6 Å². The predicted molar refractivity (Wildman–Crippen MR) is 295 cm³/mol. The molecule has 1 saturated heterocycles. The molecule has 0 spiro atoms.